The number of nitrogens with two attached hydrogens (primary N) is 2. The lowest BCUT2D eigenvalue weighted by Crippen LogP contribution is -2.37. The van der Waals surface area contributed by atoms with E-state index < -0.39 is 0 Å². The highest BCUT2D eigenvalue weighted by Gasteiger charge is 2.21. The fraction of sp³-hybridized carbons (Fsp3) is 0.556. The molecule has 0 saturated carbocycles. The van der Waals surface area contributed by atoms with Crippen LogP contribution in [0, 0.1) is 5.92 Å². The maximum Gasteiger partial charge on any atom is 0.0561 e. The molecular weight excluding hydrogens is 204 g/mol. The summed E-state index contributed by atoms with van der Waals surface area (Å²) in [5.74, 6) is 0.369. The lowest BCUT2D eigenvalue weighted by Gasteiger charge is -2.22. The quantitative estimate of drug-likeness (QED) is 0.819. The Morgan fingerprint density at radius 2 is 2.00 bits per heavy atom. The Bertz CT molecular complexity index is 272. The molecule has 13 heavy (non-hydrogen) atoms. The Morgan fingerprint density at radius 1 is 1.38 bits per heavy atom. The third kappa shape index (κ3) is 2.44. The number of hydrogen-bond donors (Lipinski definition) is 2. The molecule has 0 aliphatic carbocycles. The average molecular weight is 219 g/mol. The molecule has 4 heteroatoms. The normalized spacial score (nSPS) is 16.2. The molecule has 0 spiro atoms. The molecule has 0 fully saturated rings. The molecule has 0 amide bonds. The first-order chi connectivity index (χ1) is 6.04. The molecule has 1 aromatic rings. The van der Waals surface area contributed by atoms with Crippen molar-refractivity contribution < 1.29 is 0 Å². The summed E-state index contributed by atoms with van der Waals surface area (Å²) in [5, 5.41) is 2.67. The minimum Gasteiger partial charge on any atom is -0.326 e. The van der Waals surface area contributed by atoms with Gasteiger partial charge in [0.25, 0.3) is 0 Å². The third-order valence-electron chi connectivity index (χ3n) is 2.13. The van der Waals surface area contributed by atoms with Gasteiger partial charge in [-0.25, -0.2) is 0 Å². The topological polar surface area (TPSA) is 52.0 Å². The van der Waals surface area contributed by atoms with Gasteiger partial charge in [0.2, 0.25) is 0 Å². The summed E-state index contributed by atoms with van der Waals surface area (Å²) in [6, 6.07) is 1.68. The minimum atomic E-state index is -0.146. The van der Waals surface area contributed by atoms with Gasteiger partial charge in [-0.2, -0.15) is 0 Å². The van der Waals surface area contributed by atoms with Crippen LogP contribution in [-0.2, 0) is 0 Å². The lowest BCUT2D eigenvalue weighted by atomic mass is 9.97. The Balaban J connectivity index is 2.79. The zero-order valence-corrected chi connectivity index (χ0v) is 9.40. The largest absolute Gasteiger partial charge is 0.326 e. The SMILES string of the molecule is CC(C)C(N)C(N)c1sccc1Cl. The summed E-state index contributed by atoms with van der Waals surface area (Å²) >= 11 is 7.52. The molecule has 2 unspecified atom stereocenters. The Morgan fingerprint density at radius 3 is 2.38 bits per heavy atom. The van der Waals surface area contributed by atoms with E-state index in [1.54, 1.807) is 11.3 Å². The van der Waals surface area contributed by atoms with Gasteiger partial charge >= 0.3 is 0 Å². The summed E-state index contributed by atoms with van der Waals surface area (Å²) in [4.78, 5) is 0.989. The van der Waals surface area contributed by atoms with Gasteiger partial charge < -0.3 is 11.5 Å². The van der Waals surface area contributed by atoms with Gasteiger partial charge in [0.15, 0.2) is 0 Å². The molecular formula is C9H15ClN2S. The number of rotatable bonds is 3. The van der Waals surface area contributed by atoms with Crippen molar-refractivity contribution in [3.63, 3.8) is 0 Å². The van der Waals surface area contributed by atoms with Crippen molar-refractivity contribution >= 4 is 22.9 Å². The van der Waals surface area contributed by atoms with Gasteiger partial charge in [-0.1, -0.05) is 25.4 Å². The highest BCUT2D eigenvalue weighted by atomic mass is 35.5. The van der Waals surface area contributed by atoms with Crippen LogP contribution >= 0.6 is 22.9 Å². The first-order valence-corrected chi connectivity index (χ1v) is 5.54. The van der Waals surface area contributed by atoms with Crippen molar-refractivity contribution in [3.05, 3.63) is 21.3 Å². The Hall–Kier alpha value is -0.0900. The maximum atomic E-state index is 5.99. The summed E-state index contributed by atoms with van der Waals surface area (Å²) < 4.78 is 0. The van der Waals surface area contributed by atoms with E-state index in [2.05, 4.69) is 13.8 Å². The molecule has 1 rings (SSSR count). The highest BCUT2D eigenvalue weighted by molar-refractivity contribution is 7.10. The van der Waals surface area contributed by atoms with Crippen LogP contribution in [0.25, 0.3) is 0 Å². The Kier molecular flexibility index (Phi) is 3.74. The van der Waals surface area contributed by atoms with Crippen LogP contribution in [0.4, 0.5) is 0 Å². The third-order valence-corrected chi connectivity index (χ3v) is 3.59. The second-order valence-electron chi connectivity index (χ2n) is 3.48. The van der Waals surface area contributed by atoms with Crippen LogP contribution in [0.1, 0.15) is 24.8 Å². The molecule has 0 aliphatic rings. The van der Waals surface area contributed by atoms with Crippen LogP contribution in [0.5, 0.6) is 0 Å². The lowest BCUT2D eigenvalue weighted by molar-refractivity contribution is 0.427. The molecule has 0 aromatic carbocycles. The van der Waals surface area contributed by atoms with E-state index in [1.165, 1.54) is 0 Å². The van der Waals surface area contributed by atoms with Crippen LogP contribution in [-0.4, -0.2) is 6.04 Å². The molecule has 0 saturated heterocycles. The van der Waals surface area contributed by atoms with E-state index in [9.17, 15) is 0 Å². The minimum absolute atomic E-state index is 0.0313. The first kappa shape index (κ1) is 11.0. The van der Waals surface area contributed by atoms with Crippen molar-refractivity contribution in [1.82, 2.24) is 0 Å². The fourth-order valence-corrected chi connectivity index (χ4v) is 2.38. The highest BCUT2D eigenvalue weighted by Crippen LogP contribution is 2.30. The van der Waals surface area contributed by atoms with Crippen molar-refractivity contribution in [2.24, 2.45) is 17.4 Å². The zero-order chi connectivity index (χ0) is 10.0. The van der Waals surface area contributed by atoms with Crippen molar-refractivity contribution in [2.45, 2.75) is 25.9 Å². The van der Waals surface area contributed by atoms with Crippen LogP contribution in [0.15, 0.2) is 11.4 Å². The van der Waals surface area contributed by atoms with E-state index in [-0.39, 0.29) is 12.1 Å². The van der Waals surface area contributed by atoms with E-state index in [1.807, 2.05) is 11.4 Å². The van der Waals surface area contributed by atoms with Gasteiger partial charge in [-0.3, -0.25) is 0 Å². The van der Waals surface area contributed by atoms with Crippen molar-refractivity contribution in [3.8, 4) is 0 Å². The monoisotopic (exact) mass is 218 g/mol. The number of halogens is 1. The van der Waals surface area contributed by atoms with Gasteiger partial charge in [-0.05, 0) is 17.4 Å². The molecule has 2 atom stereocenters. The fourth-order valence-electron chi connectivity index (χ4n) is 1.13. The number of hydrogen-bond acceptors (Lipinski definition) is 3. The summed E-state index contributed by atoms with van der Waals surface area (Å²) in [6.45, 7) is 4.12. The molecule has 4 N–H and O–H groups in total. The Labute approximate surface area is 87.9 Å². The van der Waals surface area contributed by atoms with Gasteiger partial charge in [0.1, 0.15) is 0 Å². The molecule has 0 radical (unpaired) electrons. The first-order valence-electron chi connectivity index (χ1n) is 4.28. The molecule has 1 heterocycles. The summed E-state index contributed by atoms with van der Waals surface area (Å²) in [5.41, 5.74) is 11.9. The standard InChI is InChI=1S/C9H15ClN2S/c1-5(2)7(11)8(12)9-6(10)3-4-13-9/h3-5,7-8H,11-12H2,1-2H3. The van der Waals surface area contributed by atoms with Gasteiger partial charge in [0.05, 0.1) is 11.1 Å². The predicted octanol–water partition coefficient (Wildman–Crippen LogP) is 2.38. The van der Waals surface area contributed by atoms with E-state index in [0.717, 1.165) is 9.90 Å². The zero-order valence-electron chi connectivity index (χ0n) is 7.83. The van der Waals surface area contributed by atoms with Gasteiger partial charge in [0, 0.05) is 10.9 Å². The second-order valence-corrected chi connectivity index (χ2v) is 4.83. The molecule has 1 aromatic heterocycles. The number of thiophene rings is 1. The van der Waals surface area contributed by atoms with E-state index in [0.29, 0.717) is 5.92 Å². The second kappa shape index (κ2) is 4.42. The molecule has 74 valence electrons. The molecule has 2 nitrogen and oxygen atoms in total. The van der Waals surface area contributed by atoms with Crippen LogP contribution < -0.4 is 11.5 Å². The average Bonchev–Trinajstić information content (AvgIpc) is 2.48. The van der Waals surface area contributed by atoms with E-state index >= 15 is 0 Å². The summed E-state index contributed by atoms with van der Waals surface area (Å²) in [7, 11) is 0. The van der Waals surface area contributed by atoms with Gasteiger partial charge in [-0.15, -0.1) is 11.3 Å². The summed E-state index contributed by atoms with van der Waals surface area (Å²) in [6.07, 6.45) is 0. The molecule has 0 bridgehead atoms. The maximum absolute atomic E-state index is 5.99. The van der Waals surface area contributed by atoms with Crippen molar-refractivity contribution in [2.75, 3.05) is 0 Å². The smallest absolute Gasteiger partial charge is 0.0561 e. The van der Waals surface area contributed by atoms with Crippen molar-refractivity contribution in [1.29, 1.82) is 0 Å². The molecule has 0 aliphatic heterocycles. The van der Waals surface area contributed by atoms with Crippen LogP contribution in [0.3, 0.4) is 0 Å². The van der Waals surface area contributed by atoms with Crippen LogP contribution in [0.2, 0.25) is 5.02 Å². The van der Waals surface area contributed by atoms with E-state index in [4.69, 9.17) is 23.1 Å². The predicted molar refractivity (Wildman–Crippen MR) is 59.1 cm³/mol.